The fourth-order valence-electron chi connectivity index (χ4n) is 4.40. The number of carbonyl (C=O) groups is 1. The Hall–Kier alpha value is -3.65. The second-order valence-corrected chi connectivity index (χ2v) is 11.4. The molecular weight excluding hydrogens is 504 g/mol. The van der Waals surface area contributed by atoms with Crippen LogP contribution in [0, 0.1) is 12.8 Å². The number of hydrogen-bond donors (Lipinski definition) is 1. The highest BCUT2D eigenvalue weighted by Crippen LogP contribution is 2.24. The van der Waals surface area contributed by atoms with Crippen LogP contribution in [0.3, 0.4) is 0 Å². The van der Waals surface area contributed by atoms with E-state index < -0.39 is 0 Å². The lowest BCUT2D eigenvalue weighted by atomic mass is 9.92. The first-order chi connectivity index (χ1) is 19.3. The second-order valence-electron chi connectivity index (χ2n) is 11.4. The Balaban J connectivity index is 1.19. The van der Waals surface area contributed by atoms with Gasteiger partial charge in [-0.25, -0.2) is 4.68 Å². The number of rotatable bonds is 12. The van der Waals surface area contributed by atoms with Gasteiger partial charge in [0.1, 0.15) is 5.75 Å². The minimum atomic E-state index is -0.0941. The van der Waals surface area contributed by atoms with E-state index in [9.17, 15) is 4.79 Å². The molecule has 4 rings (SSSR count). The Labute approximate surface area is 237 Å². The van der Waals surface area contributed by atoms with Crippen LogP contribution >= 0.6 is 0 Å². The molecule has 214 valence electrons. The zero-order valence-electron chi connectivity index (χ0n) is 24.2. The first-order valence-corrected chi connectivity index (χ1v) is 14.1. The van der Waals surface area contributed by atoms with Crippen molar-refractivity contribution < 1.29 is 19.1 Å². The van der Waals surface area contributed by atoms with Crippen LogP contribution in [-0.2, 0) is 32.8 Å². The number of aromatic nitrogens is 2. The van der Waals surface area contributed by atoms with E-state index in [0.717, 1.165) is 61.5 Å². The Morgan fingerprint density at radius 3 is 2.55 bits per heavy atom. The third-order valence-corrected chi connectivity index (χ3v) is 6.98. The molecule has 40 heavy (non-hydrogen) atoms. The number of amides is 1. The molecule has 1 fully saturated rings. The van der Waals surface area contributed by atoms with E-state index >= 15 is 0 Å². The molecule has 0 radical (unpaired) electrons. The molecule has 0 atom stereocenters. The van der Waals surface area contributed by atoms with Gasteiger partial charge in [0.05, 0.1) is 17.1 Å². The summed E-state index contributed by atoms with van der Waals surface area (Å²) in [6.45, 7) is 11.1. The van der Waals surface area contributed by atoms with Crippen LogP contribution in [0.15, 0.2) is 59.8 Å². The van der Waals surface area contributed by atoms with Gasteiger partial charge in [-0.1, -0.05) is 55.8 Å². The van der Waals surface area contributed by atoms with Crippen LogP contribution in [0.5, 0.6) is 5.75 Å². The molecule has 1 aliphatic rings. The van der Waals surface area contributed by atoms with Gasteiger partial charge >= 0.3 is 0 Å². The van der Waals surface area contributed by atoms with Crippen molar-refractivity contribution in [1.82, 2.24) is 15.1 Å². The van der Waals surface area contributed by atoms with E-state index in [0.29, 0.717) is 24.8 Å². The molecule has 1 N–H and O–H groups in total. The van der Waals surface area contributed by atoms with Gasteiger partial charge in [-0.2, -0.15) is 5.10 Å². The van der Waals surface area contributed by atoms with Gasteiger partial charge in [0.2, 0.25) is 0 Å². The summed E-state index contributed by atoms with van der Waals surface area (Å²) >= 11 is 0. The Kier molecular flexibility index (Phi) is 10.4. The molecule has 0 unspecified atom stereocenters. The van der Waals surface area contributed by atoms with E-state index in [1.807, 2.05) is 28.9 Å². The summed E-state index contributed by atoms with van der Waals surface area (Å²) in [6, 6.07) is 18.2. The maximum atomic E-state index is 12.1. The van der Waals surface area contributed by atoms with E-state index in [4.69, 9.17) is 19.4 Å². The molecule has 8 nitrogen and oxygen atoms in total. The number of benzene rings is 2. The van der Waals surface area contributed by atoms with Gasteiger partial charge in [-0.05, 0) is 74.4 Å². The number of hydrogen-bond acceptors (Lipinski definition) is 6. The van der Waals surface area contributed by atoms with E-state index in [1.165, 1.54) is 5.56 Å². The molecule has 3 aromatic rings. The van der Waals surface area contributed by atoms with Crippen LogP contribution in [0.4, 0.5) is 0 Å². The first kappa shape index (κ1) is 29.3. The lowest BCUT2D eigenvalue weighted by Crippen LogP contribution is -2.35. The normalized spacial score (nSPS) is 14.4. The molecule has 0 aliphatic carbocycles. The number of nitrogens with zero attached hydrogens (tertiary/aromatic N) is 3. The lowest BCUT2D eigenvalue weighted by molar-refractivity contribution is -0.123. The smallest absolute Gasteiger partial charge is 0.257 e. The van der Waals surface area contributed by atoms with Crippen molar-refractivity contribution >= 4 is 12.1 Å². The number of carbonyl (C=O) groups excluding carboxylic acids is 1. The maximum absolute atomic E-state index is 12.1. The molecule has 0 spiro atoms. The topological polar surface area (TPSA) is 87.0 Å². The van der Waals surface area contributed by atoms with Gasteiger partial charge in [0.25, 0.3) is 5.91 Å². The molecule has 2 aromatic carbocycles. The average molecular weight is 547 g/mol. The molecule has 0 bridgehead atoms. The maximum Gasteiger partial charge on any atom is 0.257 e. The summed E-state index contributed by atoms with van der Waals surface area (Å²) in [6.07, 6.45) is 5.37. The zero-order chi connectivity index (χ0) is 28.4. The predicted octanol–water partition coefficient (Wildman–Crippen LogP) is 5.54. The van der Waals surface area contributed by atoms with Crippen molar-refractivity contribution in [1.29, 1.82) is 0 Å². The molecule has 1 amide bonds. The fraction of sp³-hybridized carbons (Fsp3) is 0.469. The zero-order valence-corrected chi connectivity index (χ0v) is 24.2. The number of aryl methyl sites for hydroxylation is 2. The SMILES string of the molecule is Cc1ccc(-n2nc(C(C)(C)C)cc2CON=CCCc2ccc(OCC(=O)NCC3CCOCC3)cc2)cc1. The van der Waals surface area contributed by atoms with Crippen molar-refractivity contribution in [3.63, 3.8) is 0 Å². The Morgan fingerprint density at radius 1 is 1.12 bits per heavy atom. The highest BCUT2D eigenvalue weighted by molar-refractivity contribution is 5.77. The number of oxime groups is 1. The third kappa shape index (κ3) is 8.95. The fourth-order valence-corrected chi connectivity index (χ4v) is 4.40. The molecule has 1 aromatic heterocycles. The van der Waals surface area contributed by atoms with Crippen molar-refractivity contribution in [2.45, 2.75) is 65.4 Å². The average Bonchev–Trinajstić information content (AvgIpc) is 3.39. The Morgan fingerprint density at radius 2 is 1.85 bits per heavy atom. The first-order valence-electron chi connectivity index (χ1n) is 14.1. The van der Waals surface area contributed by atoms with Gasteiger partial charge in [-0.15, -0.1) is 0 Å². The third-order valence-electron chi connectivity index (χ3n) is 6.98. The second kappa shape index (κ2) is 14.1. The molecule has 1 aliphatic heterocycles. The quantitative estimate of drug-likeness (QED) is 0.238. The minimum absolute atomic E-state index is 0.0205. The molecule has 0 saturated carbocycles. The summed E-state index contributed by atoms with van der Waals surface area (Å²) in [4.78, 5) is 17.7. The van der Waals surface area contributed by atoms with Crippen molar-refractivity contribution in [3.8, 4) is 11.4 Å². The van der Waals surface area contributed by atoms with Crippen molar-refractivity contribution in [2.24, 2.45) is 11.1 Å². The summed E-state index contributed by atoms with van der Waals surface area (Å²) in [5.41, 5.74) is 5.28. The predicted molar refractivity (Wildman–Crippen MR) is 157 cm³/mol. The van der Waals surface area contributed by atoms with E-state index in [-0.39, 0.29) is 17.9 Å². The Bertz CT molecular complexity index is 1240. The molecule has 8 heteroatoms. The summed E-state index contributed by atoms with van der Waals surface area (Å²) in [7, 11) is 0. The van der Waals surface area contributed by atoms with Crippen LogP contribution in [-0.4, -0.2) is 48.3 Å². The molecule has 1 saturated heterocycles. The van der Waals surface area contributed by atoms with Crippen LogP contribution < -0.4 is 10.1 Å². The molecule has 2 heterocycles. The van der Waals surface area contributed by atoms with Gasteiger partial charge < -0.3 is 19.6 Å². The van der Waals surface area contributed by atoms with Crippen molar-refractivity contribution in [2.75, 3.05) is 26.4 Å². The largest absolute Gasteiger partial charge is 0.484 e. The summed E-state index contributed by atoms with van der Waals surface area (Å²) in [5.74, 6) is 1.08. The highest BCUT2D eigenvalue weighted by Gasteiger charge is 2.21. The number of nitrogens with one attached hydrogen (secondary N) is 1. The standard InChI is InChI=1S/C32H42N4O4/c1-24-7-11-27(12-8-24)36-28(20-30(35-36)32(2,3)4)22-40-34-17-5-6-25-9-13-29(14-10-25)39-23-31(37)33-21-26-15-18-38-19-16-26/h7-14,17,20,26H,5-6,15-16,18-19,21-23H2,1-4H3,(H,33,37). The van der Waals surface area contributed by atoms with E-state index in [2.05, 4.69) is 68.5 Å². The number of ether oxygens (including phenoxy) is 2. The van der Waals surface area contributed by atoms with Gasteiger partial charge in [0.15, 0.2) is 13.2 Å². The van der Waals surface area contributed by atoms with Gasteiger partial charge in [0, 0.05) is 31.4 Å². The van der Waals surface area contributed by atoms with E-state index in [1.54, 1.807) is 6.21 Å². The molecular formula is C32H42N4O4. The summed E-state index contributed by atoms with van der Waals surface area (Å²) in [5, 5.41) is 12.0. The minimum Gasteiger partial charge on any atom is -0.484 e. The van der Waals surface area contributed by atoms with Crippen LogP contribution in [0.1, 0.15) is 62.5 Å². The highest BCUT2D eigenvalue weighted by atomic mass is 16.6. The van der Waals surface area contributed by atoms with Crippen LogP contribution in [0.2, 0.25) is 0 Å². The summed E-state index contributed by atoms with van der Waals surface area (Å²) < 4.78 is 12.9. The van der Waals surface area contributed by atoms with Crippen LogP contribution in [0.25, 0.3) is 5.69 Å². The van der Waals surface area contributed by atoms with Gasteiger partial charge in [-0.3, -0.25) is 4.79 Å². The monoisotopic (exact) mass is 546 g/mol. The lowest BCUT2D eigenvalue weighted by Gasteiger charge is -2.22. The van der Waals surface area contributed by atoms with Crippen molar-refractivity contribution in [3.05, 3.63) is 77.1 Å².